The van der Waals surface area contributed by atoms with Gasteiger partial charge in [-0.1, -0.05) is 30.3 Å². The van der Waals surface area contributed by atoms with Crippen molar-refractivity contribution in [3.63, 3.8) is 0 Å². The maximum Gasteiger partial charge on any atom is 0.401 e. The SMILES string of the molecule is CCNC(=NCc1ccnc(OCc2ccccc2)c1)NC1CCN(CC(F)(F)F)C1. The first kappa shape index (κ1) is 22.9. The number of ether oxygens (including phenoxy) is 1. The topological polar surface area (TPSA) is 61.8 Å². The first-order chi connectivity index (χ1) is 14.9. The zero-order valence-corrected chi connectivity index (χ0v) is 17.5. The number of nitrogens with one attached hydrogen (secondary N) is 2. The molecule has 2 heterocycles. The van der Waals surface area contributed by atoms with Gasteiger partial charge in [0, 0.05) is 37.9 Å². The summed E-state index contributed by atoms with van der Waals surface area (Å²) in [6.07, 6.45) is -1.85. The van der Waals surface area contributed by atoms with E-state index in [0.29, 0.717) is 51.0 Å². The Labute approximate surface area is 180 Å². The molecule has 1 aromatic heterocycles. The maximum atomic E-state index is 12.6. The molecule has 0 spiro atoms. The van der Waals surface area contributed by atoms with Gasteiger partial charge in [0.25, 0.3) is 0 Å². The molecule has 0 aliphatic carbocycles. The van der Waals surface area contributed by atoms with E-state index in [9.17, 15) is 13.2 Å². The van der Waals surface area contributed by atoms with Gasteiger partial charge in [0.2, 0.25) is 5.88 Å². The van der Waals surface area contributed by atoms with Crippen molar-refractivity contribution in [2.75, 3.05) is 26.2 Å². The summed E-state index contributed by atoms with van der Waals surface area (Å²) in [4.78, 5) is 10.2. The predicted molar refractivity (Wildman–Crippen MR) is 114 cm³/mol. The summed E-state index contributed by atoms with van der Waals surface area (Å²) in [5.74, 6) is 1.11. The fraction of sp³-hybridized carbons (Fsp3) is 0.455. The molecule has 1 atom stereocenters. The van der Waals surface area contributed by atoms with Gasteiger partial charge in [0.05, 0.1) is 13.1 Å². The molecule has 0 bridgehead atoms. The second kappa shape index (κ2) is 11.0. The molecule has 1 unspecified atom stereocenters. The zero-order chi connectivity index (χ0) is 22.1. The Morgan fingerprint density at radius 2 is 2.03 bits per heavy atom. The van der Waals surface area contributed by atoms with Crippen molar-refractivity contribution >= 4 is 5.96 Å². The highest BCUT2D eigenvalue weighted by Crippen LogP contribution is 2.20. The van der Waals surface area contributed by atoms with E-state index in [0.717, 1.165) is 11.1 Å². The third kappa shape index (κ3) is 8.09. The molecule has 9 heteroatoms. The van der Waals surface area contributed by atoms with E-state index in [2.05, 4.69) is 20.6 Å². The van der Waals surface area contributed by atoms with Crippen LogP contribution in [-0.4, -0.2) is 54.2 Å². The van der Waals surface area contributed by atoms with Gasteiger partial charge in [-0.05, 0) is 30.5 Å². The third-order valence-corrected chi connectivity index (χ3v) is 4.81. The number of nitrogens with zero attached hydrogens (tertiary/aromatic N) is 3. The molecule has 2 N–H and O–H groups in total. The molecule has 1 aromatic carbocycles. The minimum atomic E-state index is -4.17. The summed E-state index contributed by atoms with van der Waals surface area (Å²) in [6.45, 7) is 3.33. The molecular formula is C22H28F3N5O. The second-order valence-corrected chi connectivity index (χ2v) is 7.45. The molecule has 168 valence electrons. The largest absolute Gasteiger partial charge is 0.473 e. The lowest BCUT2D eigenvalue weighted by Gasteiger charge is -2.19. The van der Waals surface area contributed by atoms with E-state index >= 15 is 0 Å². The van der Waals surface area contributed by atoms with E-state index < -0.39 is 12.7 Å². The van der Waals surface area contributed by atoms with Gasteiger partial charge >= 0.3 is 6.18 Å². The second-order valence-electron chi connectivity index (χ2n) is 7.45. The number of pyridine rings is 1. The lowest BCUT2D eigenvalue weighted by atomic mass is 10.2. The summed E-state index contributed by atoms with van der Waals surface area (Å²) in [6, 6.07) is 13.5. The highest BCUT2D eigenvalue weighted by Gasteiger charge is 2.34. The summed E-state index contributed by atoms with van der Waals surface area (Å²) >= 11 is 0. The van der Waals surface area contributed by atoms with Crippen LogP contribution in [0.4, 0.5) is 13.2 Å². The number of benzene rings is 1. The quantitative estimate of drug-likeness (QED) is 0.492. The van der Waals surface area contributed by atoms with Crippen molar-refractivity contribution in [3.05, 3.63) is 59.8 Å². The van der Waals surface area contributed by atoms with Crippen LogP contribution in [0.3, 0.4) is 0 Å². The fourth-order valence-electron chi connectivity index (χ4n) is 3.39. The van der Waals surface area contributed by atoms with Gasteiger partial charge in [0.1, 0.15) is 6.61 Å². The molecule has 0 saturated carbocycles. The predicted octanol–water partition coefficient (Wildman–Crippen LogP) is 3.35. The van der Waals surface area contributed by atoms with Gasteiger partial charge in [-0.3, -0.25) is 4.90 Å². The van der Waals surface area contributed by atoms with Crippen molar-refractivity contribution in [2.24, 2.45) is 4.99 Å². The number of hydrogen-bond donors (Lipinski definition) is 2. The van der Waals surface area contributed by atoms with Crippen molar-refractivity contribution in [1.29, 1.82) is 0 Å². The minimum Gasteiger partial charge on any atom is -0.473 e. The highest BCUT2D eigenvalue weighted by atomic mass is 19.4. The Morgan fingerprint density at radius 1 is 1.23 bits per heavy atom. The first-order valence-electron chi connectivity index (χ1n) is 10.4. The number of rotatable bonds is 8. The Kier molecular flexibility index (Phi) is 8.11. The fourth-order valence-corrected chi connectivity index (χ4v) is 3.39. The lowest BCUT2D eigenvalue weighted by molar-refractivity contribution is -0.143. The number of guanidine groups is 1. The monoisotopic (exact) mass is 435 g/mol. The van der Waals surface area contributed by atoms with Gasteiger partial charge in [-0.15, -0.1) is 0 Å². The van der Waals surface area contributed by atoms with Crippen LogP contribution in [0.15, 0.2) is 53.7 Å². The molecule has 1 saturated heterocycles. The molecule has 2 aromatic rings. The van der Waals surface area contributed by atoms with Crippen molar-refractivity contribution in [2.45, 2.75) is 38.7 Å². The molecule has 6 nitrogen and oxygen atoms in total. The van der Waals surface area contributed by atoms with E-state index in [1.807, 2.05) is 49.4 Å². The number of hydrogen-bond acceptors (Lipinski definition) is 4. The molecule has 0 amide bonds. The molecule has 1 aliphatic rings. The Hall–Kier alpha value is -2.81. The Morgan fingerprint density at radius 3 is 2.77 bits per heavy atom. The van der Waals surface area contributed by atoms with Crippen molar-refractivity contribution < 1.29 is 17.9 Å². The van der Waals surface area contributed by atoms with Crippen LogP contribution in [0, 0.1) is 0 Å². The molecular weight excluding hydrogens is 407 g/mol. The molecule has 1 fully saturated rings. The zero-order valence-electron chi connectivity index (χ0n) is 17.5. The minimum absolute atomic E-state index is 0.0673. The summed E-state index contributed by atoms with van der Waals surface area (Å²) in [7, 11) is 0. The lowest BCUT2D eigenvalue weighted by Crippen LogP contribution is -2.45. The molecule has 3 rings (SSSR count). The van der Waals surface area contributed by atoms with Gasteiger partial charge in [0.15, 0.2) is 5.96 Å². The average molecular weight is 435 g/mol. The standard InChI is InChI=1S/C22H28F3N5O/c1-2-26-21(29-19-9-11-30(14-19)16-22(23,24)25)28-13-18-8-10-27-20(12-18)31-15-17-6-4-3-5-7-17/h3-8,10,12,19H,2,9,11,13-16H2,1H3,(H2,26,28,29). The van der Waals surface area contributed by atoms with Crippen LogP contribution in [-0.2, 0) is 13.2 Å². The van der Waals surface area contributed by atoms with Crippen LogP contribution < -0.4 is 15.4 Å². The summed E-state index contributed by atoms with van der Waals surface area (Å²) in [5.41, 5.74) is 1.99. The normalized spacial score (nSPS) is 17.5. The van der Waals surface area contributed by atoms with E-state index in [1.54, 1.807) is 6.20 Å². The van der Waals surface area contributed by atoms with E-state index in [1.165, 1.54) is 4.90 Å². The number of aromatic nitrogens is 1. The number of alkyl halides is 3. The van der Waals surface area contributed by atoms with Gasteiger partial charge < -0.3 is 15.4 Å². The van der Waals surface area contributed by atoms with Crippen molar-refractivity contribution in [1.82, 2.24) is 20.5 Å². The van der Waals surface area contributed by atoms with Crippen molar-refractivity contribution in [3.8, 4) is 5.88 Å². The van der Waals surface area contributed by atoms with E-state index in [4.69, 9.17) is 4.74 Å². The molecule has 1 aliphatic heterocycles. The van der Waals surface area contributed by atoms with Gasteiger partial charge in [-0.2, -0.15) is 13.2 Å². The van der Waals surface area contributed by atoms with Crippen LogP contribution in [0.1, 0.15) is 24.5 Å². The van der Waals surface area contributed by atoms with Crippen LogP contribution in [0.2, 0.25) is 0 Å². The summed E-state index contributed by atoms with van der Waals surface area (Å²) in [5, 5.41) is 6.40. The molecule has 0 radical (unpaired) electrons. The third-order valence-electron chi connectivity index (χ3n) is 4.81. The van der Waals surface area contributed by atoms with Crippen LogP contribution >= 0.6 is 0 Å². The van der Waals surface area contributed by atoms with E-state index in [-0.39, 0.29) is 6.04 Å². The van der Waals surface area contributed by atoms with Crippen LogP contribution in [0.25, 0.3) is 0 Å². The van der Waals surface area contributed by atoms with Crippen LogP contribution in [0.5, 0.6) is 5.88 Å². The molecule has 31 heavy (non-hydrogen) atoms. The number of aliphatic imine (C=N–C) groups is 1. The van der Waals surface area contributed by atoms with Gasteiger partial charge in [-0.25, -0.2) is 9.98 Å². The average Bonchev–Trinajstić information content (AvgIpc) is 3.17. The smallest absolute Gasteiger partial charge is 0.401 e. The Balaban J connectivity index is 1.54. The first-order valence-corrected chi connectivity index (χ1v) is 10.4. The maximum absolute atomic E-state index is 12.6. The summed E-state index contributed by atoms with van der Waals surface area (Å²) < 4.78 is 43.5. The number of likely N-dealkylation sites (tertiary alicyclic amines) is 1. The number of halogens is 3. The highest BCUT2D eigenvalue weighted by molar-refractivity contribution is 5.80. The Bertz CT molecular complexity index is 845.